The van der Waals surface area contributed by atoms with Crippen LogP contribution in [0, 0.1) is 17.0 Å². The Morgan fingerprint density at radius 1 is 1.39 bits per heavy atom. The van der Waals surface area contributed by atoms with Crippen molar-refractivity contribution in [3.63, 3.8) is 0 Å². The summed E-state index contributed by atoms with van der Waals surface area (Å²) >= 11 is 0. The van der Waals surface area contributed by atoms with E-state index < -0.39 is 4.92 Å². The fourth-order valence-corrected chi connectivity index (χ4v) is 1.75. The molecule has 2 aromatic rings. The summed E-state index contributed by atoms with van der Waals surface area (Å²) in [5, 5.41) is 17.8. The summed E-state index contributed by atoms with van der Waals surface area (Å²) in [5.41, 5.74) is 1.14. The maximum Gasteiger partial charge on any atom is 0.410 e. The lowest BCUT2D eigenvalue weighted by molar-refractivity contribution is -0.389. The largest absolute Gasteiger partial charge is 0.492 e. The fraction of sp³-hybridized carbons (Fsp3) is 0.357. The minimum absolute atomic E-state index is 0.158. The van der Waals surface area contributed by atoms with Crippen molar-refractivity contribution in [2.45, 2.75) is 13.5 Å². The third kappa shape index (κ3) is 4.77. The molecule has 0 aliphatic carbocycles. The first-order chi connectivity index (χ1) is 11.0. The minimum Gasteiger partial charge on any atom is -0.492 e. The Hall–Kier alpha value is -2.97. The number of aryl methyl sites for hydroxylation is 1. The van der Waals surface area contributed by atoms with Gasteiger partial charge in [-0.25, -0.2) is 0 Å². The van der Waals surface area contributed by atoms with Crippen molar-refractivity contribution in [2.75, 3.05) is 20.2 Å². The lowest BCUT2D eigenvalue weighted by atomic mass is 10.2. The average Bonchev–Trinajstić information content (AvgIpc) is 2.98. The third-order valence-corrected chi connectivity index (χ3v) is 3.13. The van der Waals surface area contributed by atoms with Gasteiger partial charge in [0.1, 0.15) is 12.4 Å². The van der Waals surface area contributed by atoms with Gasteiger partial charge in [-0.2, -0.15) is 0 Å². The van der Waals surface area contributed by atoms with E-state index in [2.05, 4.69) is 10.2 Å². The number of nitrogens with zero attached hydrogens (tertiary/aromatic N) is 5. The zero-order valence-electron chi connectivity index (χ0n) is 12.9. The Labute approximate surface area is 132 Å². The van der Waals surface area contributed by atoms with E-state index in [-0.39, 0.29) is 18.3 Å². The predicted octanol–water partition coefficient (Wildman–Crippen LogP) is 1.03. The summed E-state index contributed by atoms with van der Waals surface area (Å²) in [5.74, 6) is 0.0898. The third-order valence-electron chi connectivity index (χ3n) is 3.13. The van der Waals surface area contributed by atoms with Crippen LogP contribution in [0.15, 0.2) is 30.5 Å². The summed E-state index contributed by atoms with van der Waals surface area (Å²) in [6, 6.07) is 7.62. The van der Waals surface area contributed by atoms with Gasteiger partial charge in [0.2, 0.25) is 5.91 Å². The number of likely N-dealkylation sites (N-methyl/N-ethyl adjacent to an activating group) is 1. The van der Waals surface area contributed by atoms with Crippen LogP contribution in [0.3, 0.4) is 0 Å². The number of nitro groups is 1. The molecule has 1 amide bonds. The number of amides is 1. The van der Waals surface area contributed by atoms with Crippen molar-refractivity contribution in [3.8, 4) is 5.75 Å². The van der Waals surface area contributed by atoms with Crippen LogP contribution in [0.2, 0.25) is 0 Å². The Balaban J connectivity index is 1.78. The van der Waals surface area contributed by atoms with Crippen LogP contribution in [-0.4, -0.2) is 50.9 Å². The zero-order chi connectivity index (χ0) is 16.8. The molecule has 1 heterocycles. The van der Waals surface area contributed by atoms with Gasteiger partial charge in [-0.3, -0.25) is 4.79 Å². The maximum atomic E-state index is 12.0. The number of rotatable bonds is 7. The van der Waals surface area contributed by atoms with Gasteiger partial charge >= 0.3 is 5.82 Å². The number of carbonyl (C=O) groups is 1. The normalized spacial score (nSPS) is 10.3. The molecule has 0 bridgehead atoms. The number of benzene rings is 1. The highest BCUT2D eigenvalue weighted by Gasteiger charge is 2.17. The Morgan fingerprint density at radius 3 is 2.70 bits per heavy atom. The van der Waals surface area contributed by atoms with Crippen LogP contribution in [0.4, 0.5) is 5.82 Å². The lowest BCUT2D eigenvalue weighted by Gasteiger charge is -2.16. The molecular weight excluding hydrogens is 302 g/mol. The molecule has 1 aromatic heterocycles. The number of hydrogen-bond donors (Lipinski definition) is 0. The number of carbonyl (C=O) groups excluding carboxylic acids is 1. The molecule has 0 atom stereocenters. The van der Waals surface area contributed by atoms with Gasteiger partial charge in [0.05, 0.1) is 11.6 Å². The first-order valence-corrected chi connectivity index (χ1v) is 6.93. The molecule has 9 heteroatoms. The highest BCUT2D eigenvalue weighted by Crippen LogP contribution is 2.11. The van der Waals surface area contributed by atoms with E-state index in [0.717, 1.165) is 22.3 Å². The highest BCUT2D eigenvalue weighted by atomic mass is 16.6. The van der Waals surface area contributed by atoms with Gasteiger partial charge in [-0.05, 0) is 24.0 Å². The van der Waals surface area contributed by atoms with Crippen LogP contribution in [-0.2, 0) is 11.3 Å². The number of aromatic nitrogens is 3. The quantitative estimate of drug-likeness (QED) is 0.558. The van der Waals surface area contributed by atoms with Gasteiger partial charge in [-0.15, -0.1) is 5.10 Å². The molecule has 1 aromatic carbocycles. The molecular formula is C14H17N5O4. The topological polar surface area (TPSA) is 103 Å². The molecule has 0 N–H and O–H groups in total. The molecule has 9 nitrogen and oxygen atoms in total. The predicted molar refractivity (Wildman–Crippen MR) is 81.0 cm³/mol. The summed E-state index contributed by atoms with van der Waals surface area (Å²) in [7, 11) is 1.62. The highest BCUT2D eigenvalue weighted by molar-refractivity contribution is 5.75. The fourth-order valence-electron chi connectivity index (χ4n) is 1.75. The van der Waals surface area contributed by atoms with Crippen molar-refractivity contribution in [1.29, 1.82) is 0 Å². The molecule has 0 saturated heterocycles. The minimum atomic E-state index is -0.660. The van der Waals surface area contributed by atoms with Crippen LogP contribution >= 0.6 is 0 Å². The molecule has 0 spiro atoms. The van der Waals surface area contributed by atoms with Crippen molar-refractivity contribution in [2.24, 2.45) is 0 Å². The molecule has 23 heavy (non-hydrogen) atoms. The summed E-state index contributed by atoms with van der Waals surface area (Å²) in [4.78, 5) is 24.3. The Bertz CT molecular complexity index is 683. The second-order valence-corrected chi connectivity index (χ2v) is 4.97. The van der Waals surface area contributed by atoms with Gasteiger partial charge in [0.15, 0.2) is 12.7 Å². The van der Waals surface area contributed by atoms with Crippen LogP contribution in [0.25, 0.3) is 0 Å². The molecule has 0 radical (unpaired) electrons. The molecule has 0 unspecified atom stereocenters. The Morgan fingerprint density at radius 2 is 2.09 bits per heavy atom. The number of ether oxygens (including phenoxy) is 1. The molecule has 122 valence electrons. The van der Waals surface area contributed by atoms with Crippen molar-refractivity contribution in [3.05, 3.63) is 46.1 Å². The van der Waals surface area contributed by atoms with Crippen molar-refractivity contribution >= 4 is 11.7 Å². The first-order valence-electron chi connectivity index (χ1n) is 6.93. The van der Waals surface area contributed by atoms with E-state index in [9.17, 15) is 14.9 Å². The second-order valence-electron chi connectivity index (χ2n) is 4.97. The smallest absolute Gasteiger partial charge is 0.410 e. The summed E-state index contributed by atoms with van der Waals surface area (Å²) < 4.78 is 5.55. The molecule has 0 aliphatic rings. The standard InChI is InChI=1S/C14H17N5O4/c1-11-3-5-12(6-4-11)23-8-7-17(2)14(20)10-18-15-9-13(16-18)19(21)22/h3-6,9H,7-8,10H2,1-2H3. The van der Waals surface area contributed by atoms with E-state index in [1.165, 1.54) is 4.90 Å². The van der Waals surface area contributed by atoms with Crippen LogP contribution < -0.4 is 4.74 Å². The second kappa shape index (κ2) is 7.34. The van der Waals surface area contributed by atoms with Gasteiger partial charge in [-0.1, -0.05) is 22.5 Å². The van der Waals surface area contributed by atoms with Crippen LogP contribution in [0.5, 0.6) is 5.75 Å². The van der Waals surface area contributed by atoms with Crippen molar-refractivity contribution in [1.82, 2.24) is 19.9 Å². The number of hydrogen-bond acceptors (Lipinski definition) is 6. The summed E-state index contributed by atoms with van der Waals surface area (Å²) in [6.07, 6.45) is 1.01. The zero-order valence-corrected chi connectivity index (χ0v) is 12.9. The van der Waals surface area contributed by atoms with E-state index >= 15 is 0 Å². The van der Waals surface area contributed by atoms with E-state index in [1.54, 1.807) is 7.05 Å². The molecule has 2 rings (SSSR count). The average molecular weight is 319 g/mol. The van der Waals surface area contributed by atoms with Gasteiger partial charge < -0.3 is 19.8 Å². The monoisotopic (exact) mass is 319 g/mol. The summed E-state index contributed by atoms with van der Waals surface area (Å²) in [6.45, 7) is 2.56. The maximum absolute atomic E-state index is 12.0. The molecule has 0 fully saturated rings. The molecule has 0 aliphatic heterocycles. The Kier molecular flexibility index (Phi) is 5.23. The van der Waals surface area contributed by atoms with E-state index in [0.29, 0.717) is 13.2 Å². The van der Waals surface area contributed by atoms with Crippen LogP contribution in [0.1, 0.15) is 5.56 Å². The first kappa shape index (κ1) is 16.4. The van der Waals surface area contributed by atoms with E-state index in [4.69, 9.17) is 4.74 Å². The lowest BCUT2D eigenvalue weighted by Crippen LogP contribution is -2.34. The van der Waals surface area contributed by atoms with Gasteiger partial charge in [0, 0.05) is 7.05 Å². The van der Waals surface area contributed by atoms with E-state index in [1.807, 2.05) is 31.2 Å². The molecule has 0 saturated carbocycles. The van der Waals surface area contributed by atoms with Crippen molar-refractivity contribution < 1.29 is 14.5 Å². The van der Waals surface area contributed by atoms with Gasteiger partial charge in [0.25, 0.3) is 0 Å². The SMILES string of the molecule is Cc1ccc(OCCN(C)C(=O)Cn2ncc([N+](=O)[O-])n2)cc1.